The number of rotatable bonds is 8. The number of benzene rings is 1. The van der Waals surface area contributed by atoms with Gasteiger partial charge in [0, 0.05) is 22.2 Å². The summed E-state index contributed by atoms with van der Waals surface area (Å²) in [7, 11) is -3.61. The van der Waals surface area contributed by atoms with Crippen molar-refractivity contribution in [3.05, 3.63) is 53.4 Å². The first-order valence-corrected chi connectivity index (χ1v) is 11.4. The highest BCUT2D eigenvalue weighted by molar-refractivity contribution is 7.94. The quantitative estimate of drug-likeness (QED) is 0.579. The highest BCUT2D eigenvalue weighted by Gasteiger charge is 2.17. The van der Waals surface area contributed by atoms with E-state index in [4.69, 9.17) is 4.74 Å². The first-order chi connectivity index (χ1) is 13.4. The zero-order valence-electron chi connectivity index (χ0n) is 16.0. The zero-order chi connectivity index (χ0) is 20.1. The normalized spacial score (nSPS) is 11.6. The second-order valence-electron chi connectivity index (χ2n) is 6.72. The Balaban J connectivity index is 1.76. The van der Waals surface area contributed by atoms with Gasteiger partial charge in [-0.2, -0.15) is 0 Å². The van der Waals surface area contributed by atoms with Gasteiger partial charge in [0.15, 0.2) is 0 Å². The third kappa shape index (κ3) is 5.08. The number of nitrogens with zero attached hydrogens (tertiary/aromatic N) is 2. The number of nitrogens with one attached hydrogen (secondary N) is 1. The Morgan fingerprint density at radius 2 is 1.93 bits per heavy atom. The number of sulfonamides is 1. The van der Waals surface area contributed by atoms with Gasteiger partial charge in [-0.15, -0.1) is 21.5 Å². The Morgan fingerprint density at radius 3 is 2.57 bits per heavy atom. The number of aromatic nitrogens is 2. The molecule has 1 N–H and O–H groups in total. The van der Waals surface area contributed by atoms with Crippen LogP contribution in [-0.4, -0.2) is 25.2 Å². The van der Waals surface area contributed by atoms with Crippen molar-refractivity contribution < 1.29 is 13.2 Å². The van der Waals surface area contributed by atoms with Crippen molar-refractivity contribution in [1.29, 1.82) is 0 Å². The van der Waals surface area contributed by atoms with Gasteiger partial charge in [0.25, 0.3) is 10.0 Å². The van der Waals surface area contributed by atoms with Gasteiger partial charge in [-0.05, 0) is 42.7 Å². The van der Waals surface area contributed by atoms with Crippen LogP contribution in [0.1, 0.15) is 25.6 Å². The van der Waals surface area contributed by atoms with E-state index < -0.39 is 10.0 Å². The van der Waals surface area contributed by atoms with E-state index in [-0.39, 0.29) is 0 Å². The van der Waals surface area contributed by atoms with E-state index >= 15 is 0 Å². The van der Waals surface area contributed by atoms with Gasteiger partial charge in [-0.3, -0.25) is 4.72 Å². The van der Waals surface area contributed by atoms with E-state index in [1.54, 1.807) is 30.3 Å². The second kappa shape index (κ2) is 8.70. The third-order valence-corrected chi connectivity index (χ3v) is 6.97. The molecule has 3 rings (SSSR count). The Morgan fingerprint density at radius 1 is 1.11 bits per heavy atom. The Kier molecular flexibility index (Phi) is 6.31. The summed E-state index contributed by atoms with van der Waals surface area (Å²) in [4.78, 5) is 1.03. The largest absolute Gasteiger partial charge is 0.476 e. The van der Waals surface area contributed by atoms with E-state index in [9.17, 15) is 8.42 Å². The predicted molar refractivity (Wildman–Crippen MR) is 112 cm³/mol. The van der Waals surface area contributed by atoms with Crippen molar-refractivity contribution in [2.75, 3.05) is 11.3 Å². The summed E-state index contributed by atoms with van der Waals surface area (Å²) in [5.74, 6) is 0.877. The standard InChI is InChI=1S/C20H23N3O3S2/c1-4-17-8-11-20(27-17)28(24,25)23-16-7-5-6-15(12-16)18-9-10-19(22-21-18)26-13-14(2)3/h5-12,14,23H,4,13H2,1-3H3. The highest BCUT2D eigenvalue weighted by Crippen LogP contribution is 2.26. The Hall–Kier alpha value is -2.45. The molecule has 0 spiro atoms. The summed E-state index contributed by atoms with van der Waals surface area (Å²) in [6.07, 6.45) is 0.811. The van der Waals surface area contributed by atoms with Gasteiger partial charge in [0.1, 0.15) is 4.21 Å². The Bertz CT molecular complexity index is 1030. The lowest BCUT2D eigenvalue weighted by molar-refractivity contribution is 0.258. The van der Waals surface area contributed by atoms with E-state index in [1.807, 2.05) is 25.1 Å². The van der Waals surface area contributed by atoms with Crippen molar-refractivity contribution in [1.82, 2.24) is 10.2 Å². The van der Waals surface area contributed by atoms with Crippen molar-refractivity contribution in [3.63, 3.8) is 0 Å². The van der Waals surface area contributed by atoms with Crippen LogP contribution in [-0.2, 0) is 16.4 Å². The second-order valence-corrected chi connectivity index (χ2v) is 9.80. The molecule has 8 heteroatoms. The molecule has 0 bridgehead atoms. The molecular formula is C20H23N3O3S2. The molecule has 0 aliphatic rings. The fourth-order valence-corrected chi connectivity index (χ4v) is 4.79. The number of hydrogen-bond acceptors (Lipinski definition) is 6. The van der Waals surface area contributed by atoms with E-state index in [1.165, 1.54) is 11.3 Å². The lowest BCUT2D eigenvalue weighted by Crippen LogP contribution is -2.11. The highest BCUT2D eigenvalue weighted by atomic mass is 32.2. The number of hydrogen-bond donors (Lipinski definition) is 1. The van der Waals surface area contributed by atoms with Crippen LogP contribution in [0.4, 0.5) is 5.69 Å². The number of anilines is 1. The summed E-state index contributed by atoms with van der Waals surface area (Å²) in [5.41, 5.74) is 1.89. The van der Waals surface area contributed by atoms with Crippen molar-refractivity contribution in [2.45, 2.75) is 31.4 Å². The maximum absolute atomic E-state index is 12.6. The summed E-state index contributed by atoms with van der Waals surface area (Å²) < 4.78 is 33.7. The number of ether oxygens (including phenoxy) is 1. The van der Waals surface area contributed by atoms with Gasteiger partial charge >= 0.3 is 0 Å². The van der Waals surface area contributed by atoms with Gasteiger partial charge in [-0.1, -0.05) is 32.9 Å². The molecule has 0 radical (unpaired) electrons. The van der Waals surface area contributed by atoms with Crippen LogP contribution in [0, 0.1) is 5.92 Å². The van der Waals surface area contributed by atoms with Gasteiger partial charge in [0.2, 0.25) is 5.88 Å². The van der Waals surface area contributed by atoms with Crippen LogP contribution in [0.25, 0.3) is 11.3 Å². The van der Waals surface area contributed by atoms with Crippen LogP contribution in [0.5, 0.6) is 5.88 Å². The summed E-state index contributed by atoms with van der Waals surface area (Å²) in [6, 6.07) is 14.1. The summed E-state index contributed by atoms with van der Waals surface area (Å²) in [6.45, 7) is 6.70. The van der Waals surface area contributed by atoms with Crippen LogP contribution in [0.3, 0.4) is 0 Å². The molecule has 3 aromatic rings. The minimum atomic E-state index is -3.61. The van der Waals surface area contributed by atoms with E-state index in [0.29, 0.717) is 34.0 Å². The van der Waals surface area contributed by atoms with Crippen LogP contribution >= 0.6 is 11.3 Å². The molecule has 0 saturated heterocycles. The fraction of sp³-hybridized carbons (Fsp3) is 0.300. The summed E-state index contributed by atoms with van der Waals surface area (Å²) >= 11 is 1.28. The predicted octanol–water partition coefficient (Wildman–Crippen LogP) is 4.60. The van der Waals surface area contributed by atoms with Crippen molar-refractivity contribution in [3.8, 4) is 17.1 Å². The molecule has 0 saturated carbocycles. The molecule has 0 fully saturated rings. The average molecular weight is 418 g/mol. The molecule has 0 aliphatic heterocycles. The summed E-state index contributed by atoms with van der Waals surface area (Å²) in [5, 5.41) is 8.27. The van der Waals surface area contributed by atoms with E-state index in [2.05, 4.69) is 28.8 Å². The molecule has 0 atom stereocenters. The maximum atomic E-state index is 12.6. The maximum Gasteiger partial charge on any atom is 0.271 e. The first-order valence-electron chi connectivity index (χ1n) is 9.06. The lowest BCUT2D eigenvalue weighted by atomic mass is 10.1. The van der Waals surface area contributed by atoms with Gasteiger partial charge in [-0.25, -0.2) is 8.42 Å². The van der Waals surface area contributed by atoms with Crippen LogP contribution in [0.15, 0.2) is 52.7 Å². The SMILES string of the molecule is CCc1ccc(S(=O)(=O)Nc2cccc(-c3ccc(OCC(C)C)nn3)c2)s1. The number of aryl methyl sites for hydroxylation is 1. The first kappa shape index (κ1) is 20.3. The van der Waals surface area contributed by atoms with E-state index in [0.717, 1.165) is 16.9 Å². The lowest BCUT2D eigenvalue weighted by Gasteiger charge is -2.09. The van der Waals surface area contributed by atoms with Gasteiger partial charge < -0.3 is 4.74 Å². The molecular weight excluding hydrogens is 394 g/mol. The topological polar surface area (TPSA) is 81.2 Å². The molecule has 0 aliphatic carbocycles. The third-order valence-electron chi connectivity index (χ3n) is 3.87. The number of thiophene rings is 1. The Labute approximate surface area is 169 Å². The fourth-order valence-electron chi connectivity index (χ4n) is 2.44. The van der Waals surface area contributed by atoms with Crippen LogP contribution in [0.2, 0.25) is 0 Å². The average Bonchev–Trinajstić information content (AvgIpc) is 3.17. The van der Waals surface area contributed by atoms with Gasteiger partial charge in [0.05, 0.1) is 12.3 Å². The molecule has 148 valence electrons. The molecule has 0 unspecified atom stereocenters. The zero-order valence-corrected chi connectivity index (χ0v) is 17.7. The van der Waals surface area contributed by atoms with Crippen molar-refractivity contribution >= 4 is 27.0 Å². The van der Waals surface area contributed by atoms with Crippen LogP contribution < -0.4 is 9.46 Å². The molecule has 28 heavy (non-hydrogen) atoms. The smallest absolute Gasteiger partial charge is 0.271 e. The van der Waals surface area contributed by atoms with Crippen molar-refractivity contribution in [2.24, 2.45) is 5.92 Å². The minimum Gasteiger partial charge on any atom is -0.476 e. The molecule has 2 aromatic heterocycles. The molecule has 2 heterocycles. The molecule has 1 aromatic carbocycles. The monoisotopic (exact) mass is 417 g/mol. The molecule has 6 nitrogen and oxygen atoms in total. The molecule has 0 amide bonds. The minimum absolute atomic E-state index is 0.307.